The molecule has 0 bridgehead atoms. The number of fused-ring (bicyclic) bond motifs is 2. The summed E-state index contributed by atoms with van der Waals surface area (Å²) < 4.78 is 29.4. The molecule has 7 heteroatoms. The number of methoxy groups -OCH3 is 1. The van der Waals surface area contributed by atoms with Crippen molar-refractivity contribution < 1.29 is 13.5 Å². The SMILES string of the molecule is COc1cccc2c1CCC[C@H]2CN(C)CCc1ccc2c(c1)CC(N(C)S(=O)[O-])N2. The van der Waals surface area contributed by atoms with E-state index in [1.807, 2.05) is 0 Å². The molecule has 0 amide bonds. The molecule has 2 unspecified atom stereocenters. The van der Waals surface area contributed by atoms with E-state index in [9.17, 15) is 8.76 Å². The standard InChI is InChI=1S/C24H33N3O3S/c1-26(16-18-6-4-8-21-20(18)7-5-9-23(21)30-3)13-12-17-10-11-22-19(14-17)15-24(25-22)27(2)31(28)29/h5,7,9-11,14,18,24-25H,4,6,8,12-13,15-16H2,1-3H3,(H,28,29)/p-1/t18-,24?/m0/s1. The Bertz CT molecular complexity index is 952. The zero-order valence-corrected chi connectivity index (χ0v) is 19.4. The van der Waals surface area contributed by atoms with Gasteiger partial charge in [0.1, 0.15) is 5.75 Å². The van der Waals surface area contributed by atoms with Gasteiger partial charge in [0.25, 0.3) is 0 Å². The van der Waals surface area contributed by atoms with Crippen LogP contribution in [-0.4, -0.2) is 58.4 Å². The quantitative estimate of drug-likeness (QED) is 0.636. The van der Waals surface area contributed by atoms with Gasteiger partial charge in [0, 0.05) is 43.5 Å². The van der Waals surface area contributed by atoms with Crippen molar-refractivity contribution in [1.82, 2.24) is 9.21 Å². The molecule has 0 radical (unpaired) electrons. The van der Waals surface area contributed by atoms with Crippen LogP contribution < -0.4 is 10.1 Å². The van der Waals surface area contributed by atoms with Gasteiger partial charge in [-0.1, -0.05) is 24.3 Å². The van der Waals surface area contributed by atoms with E-state index in [0.717, 1.165) is 37.4 Å². The second-order valence-electron chi connectivity index (χ2n) is 8.75. The second-order valence-corrected chi connectivity index (χ2v) is 9.76. The molecule has 1 aliphatic heterocycles. The summed E-state index contributed by atoms with van der Waals surface area (Å²) in [6, 6.07) is 12.9. The first-order chi connectivity index (χ1) is 15.0. The first-order valence-electron chi connectivity index (χ1n) is 11.0. The highest BCUT2D eigenvalue weighted by Crippen LogP contribution is 2.37. The molecule has 31 heavy (non-hydrogen) atoms. The second kappa shape index (κ2) is 9.69. The number of nitrogens with zero attached hydrogens (tertiary/aromatic N) is 2. The van der Waals surface area contributed by atoms with E-state index < -0.39 is 11.3 Å². The molecular weight excluding hydrogens is 410 g/mol. The van der Waals surface area contributed by atoms with Crippen molar-refractivity contribution in [2.75, 3.05) is 39.6 Å². The zero-order chi connectivity index (χ0) is 22.0. The van der Waals surface area contributed by atoms with Gasteiger partial charge in [-0.3, -0.25) is 4.21 Å². The number of anilines is 1. The minimum Gasteiger partial charge on any atom is -0.760 e. The average Bonchev–Trinajstić information content (AvgIpc) is 3.20. The molecule has 168 valence electrons. The molecule has 2 aliphatic rings. The summed E-state index contributed by atoms with van der Waals surface area (Å²) in [4.78, 5) is 2.43. The molecule has 1 N–H and O–H groups in total. The fraction of sp³-hybridized carbons (Fsp3) is 0.500. The zero-order valence-electron chi connectivity index (χ0n) is 18.6. The van der Waals surface area contributed by atoms with Crippen LogP contribution in [0.4, 0.5) is 5.69 Å². The maximum Gasteiger partial charge on any atom is 0.122 e. The van der Waals surface area contributed by atoms with Gasteiger partial charge in [0.05, 0.1) is 13.3 Å². The Kier molecular flexibility index (Phi) is 6.96. The Morgan fingerprint density at radius 1 is 1.26 bits per heavy atom. The van der Waals surface area contributed by atoms with Gasteiger partial charge in [0.15, 0.2) is 0 Å². The highest BCUT2D eigenvalue weighted by molar-refractivity contribution is 7.76. The highest BCUT2D eigenvalue weighted by atomic mass is 32.2. The minimum absolute atomic E-state index is 0.199. The summed E-state index contributed by atoms with van der Waals surface area (Å²) in [5.41, 5.74) is 6.36. The average molecular weight is 443 g/mol. The first-order valence-corrected chi connectivity index (χ1v) is 12.0. The maximum atomic E-state index is 11.2. The normalized spacial score (nSPS) is 21.0. The molecule has 0 aromatic heterocycles. The molecule has 0 saturated carbocycles. The third-order valence-electron chi connectivity index (χ3n) is 6.70. The lowest BCUT2D eigenvalue weighted by molar-refractivity contribution is 0.299. The van der Waals surface area contributed by atoms with Gasteiger partial charge < -0.3 is 19.5 Å². The minimum atomic E-state index is -2.22. The molecule has 3 atom stereocenters. The van der Waals surface area contributed by atoms with Crippen molar-refractivity contribution in [3.63, 3.8) is 0 Å². The topological polar surface area (TPSA) is 67.9 Å². The van der Waals surface area contributed by atoms with Gasteiger partial charge >= 0.3 is 0 Å². The number of ether oxygens (including phenoxy) is 1. The summed E-state index contributed by atoms with van der Waals surface area (Å²) in [6.07, 6.45) is 5.03. The molecule has 4 rings (SSSR count). The highest BCUT2D eigenvalue weighted by Gasteiger charge is 2.25. The fourth-order valence-corrected chi connectivity index (χ4v) is 5.29. The molecule has 1 heterocycles. The van der Waals surface area contributed by atoms with Crippen LogP contribution in [0.2, 0.25) is 0 Å². The van der Waals surface area contributed by atoms with Crippen LogP contribution in [0.25, 0.3) is 0 Å². The van der Waals surface area contributed by atoms with Crippen LogP contribution in [-0.2, 0) is 30.5 Å². The Morgan fingerprint density at radius 2 is 2.10 bits per heavy atom. The smallest absolute Gasteiger partial charge is 0.122 e. The van der Waals surface area contributed by atoms with E-state index in [4.69, 9.17) is 4.74 Å². The number of hydrogen-bond donors (Lipinski definition) is 1. The largest absolute Gasteiger partial charge is 0.760 e. The molecule has 0 spiro atoms. The maximum absolute atomic E-state index is 11.2. The van der Waals surface area contributed by atoms with Crippen molar-refractivity contribution in [1.29, 1.82) is 0 Å². The summed E-state index contributed by atoms with van der Waals surface area (Å²) in [6.45, 7) is 2.05. The third kappa shape index (κ3) is 4.95. The monoisotopic (exact) mass is 442 g/mol. The Labute approximate surface area is 188 Å². The molecule has 0 saturated heterocycles. The van der Waals surface area contributed by atoms with Crippen molar-refractivity contribution in [3.8, 4) is 5.75 Å². The summed E-state index contributed by atoms with van der Waals surface area (Å²) in [7, 11) is 5.57. The van der Waals surface area contributed by atoms with E-state index in [1.165, 1.54) is 39.4 Å². The third-order valence-corrected chi connectivity index (χ3v) is 7.43. The van der Waals surface area contributed by atoms with E-state index >= 15 is 0 Å². The number of nitrogens with one attached hydrogen (secondary N) is 1. The van der Waals surface area contributed by atoms with Gasteiger partial charge in [-0.2, -0.15) is 0 Å². The Hall–Kier alpha value is -1.93. The van der Waals surface area contributed by atoms with Gasteiger partial charge in [-0.25, -0.2) is 4.31 Å². The van der Waals surface area contributed by atoms with Gasteiger partial charge in [-0.05, 0) is 73.0 Å². The van der Waals surface area contributed by atoms with Crippen LogP contribution in [0.15, 0.2) is 36.4 Å². The van der Waals surface area contributed by atoms with E-state index in [2.05, 4.69) is 53.7 Å². The summed E-state index contributed by atoms with van der Waals surface area (Å²) >= 11 is -2.22. The predicted octanol–water partition coefficient (Wildman–Crippen LogP) is 3.31. The Balaban J connectivity index is 1.35. The van der Waals surface area contributed by atoms with Crippen LogP contribution >= 0.6 is 0 Å². The van der Waals surface area contributed by atoms with Crippen molar-refractivity contribution in [2.24, 2.45) is 0 Å². The van der Waals surface area contributed by atoms with Crippen molar-refractivity contribution >= 4 is 17.0 Å². The van der Waals surface area contributed by atoms with Gasteiger partial charge in [-0.15, -0.1) is 0 Å². The van der Waals surface area contributed by atoms with Gasteiger partial charge in [0.2, 0.25) is 0 Å². The van der Waals surface area contributed by atoms with E-state index in [1.54, 1.807) is 14.2 Å². The van der Waals surface area contributed by atoms with Crippen molar-refractivity contribution in [3.05, 3.63) is 58.7 Å². The number of hydrogen-bond acceptors (Lipinski definition) is 5. The van der Waals surface area contributed by atoms with Crippen molar-refractivity contribution in [2.45, 2.75) is 44.2 Å². The molecule has 2 aromatic rings. The molecule has 6 nitrogen and oxygen atoms in total. The lowest BCUT2D eigenvalue weighted by Gasteiger charge is -2.30. The van der Waals surface area contributed by atoms with Crippen LogP contribution in [0.5, 0.6) is 5.75 Å². The first kappa shape index (κ1) is 22.3. The molecule has 0 fully saturated rings. The lowest BCUT2D eigenvalue weighted by Crippen LogP contribution is -2.37. The van der Waals surface area contributed by atoms with Crippen LogP contribution in [0, 0.1) is 0 Å². The molecule has 1 aliphatic carbocycles. The van der Waals surface area contributed by atoms with E-state index in [0.29, 0.717) is 12.3 Å². The molecular formula is C24H32N3O3S-. The van der Waals surface area contributed by atoms with Crippen LogP contribution in [0.3, 0.4) is 0 Å². The lowest BCUT2D eigenvalue weighted by atomic mass is 9.82. The predicted molar refractivity (Wildman–Crippen MR) is 124 cm³/mol. The summed E-state index contributed by atoms with van der Waals surface area (Å²) in [5, 5.41) is 3.29. The number of rotatable bonds is 8. The number of likely N-dealkylation sites (N-methyl/N-ethyl adjacent to an activating group) is 2. The van der Waals surface area contributed by atoms with E-state index in [-0.39, 0.29) is 6.17 Å². The Morgan fingerprint density at radius 3 is 2.87 bits per heavy atom. The molecule has 2 aromatic carbocycles. The number of benzene rings is 2. The fourth-order valence-electron chi connectivity index (χ4n) is 4.96. The van der Waals surface area contributed by atoms with Crippen LogP contribution in [0.1, 0.15) is 41.0 Å². The summed E-state index contributed by atoms with van der Waals surface area (Å²) in [5.74, 6) is 1.58.